The molecule has 33 heavy (non-hydrogen) atoms. The summed E-state index contributed by atoms with van der Waals surface area (Å²) in [4.78, 5) is 16.9. The van der Waals surface area contributed by atoms with Crippen molar-refractivity contribution in [1.82, 2.24) is 4.98 Å². The first-order chi connectivity index (χ1) is 16.0. The van der Waals surface area contributed by atoms with Gasteiger partial charge in [-0.3, -0.25) is 9.78 Å². The molecule has 6 rings (SSSR count). The molecule has 3 aliphatic carbocycles. The van der Waals surface area contributed by atoms with E-state index in [1.54, 1.807) is 0 Å². The highest BCUT2D eigenvalue weighted by atomic mass is 16.5. The average Bonchev–Trinajstić information content (AvgIpc) is 3.15. The van der Waals surface area contributed by atoms with Crippen molar-refractivity contribution in [2.45, 2.75) is 57.2 Å². The van der Waals surface area contributed by atoms with E-state index in [9.17, 15) is 9.90 Å². The Bertz CT molecular complexity index is 1180. The van der Waals surface area contributed by atoms with Crippen molar-refractivity contribution in [3.05, 3.63) is 65.2 Å². The largest absolute Gasteiger partial charge is 0.489 e. The van der Waals surface area contributed by atoms with Crippen LogP contribution in [0.1, 0.15) is 50.5 Å². The fraction of sp³-hybridized carbons (Fsp3) is 0.500. The van der Waals surface area contributed by atoms with E-state index in [4.69, 9.17) is 9.47 Å². The lowest BCUT2D eigenvalue weighted by atomic mass is 9.61. The molecule has 0 spiro atoms. The summed E-state index contributed by atoms with van der Waals surface area (Å²) in [5.74, 6) is 1.47. The van der Waals surface area contributed by atoms with E-state index in [1.165, 1.54) is 16.5 Å². The zero-order chi connectivity index (χ0) is 22.7. The fourth-order valence-electron chi connectivity index (χ4n) is 7.08. The number of hydrogen-bond donors (Lipinski definition) is 1. The maximum absolute atomic E-state index is 12.7. The number of hydrogen-bond acceptors (Lipinski definition) is 5. The number of pyridine rings is 1. The molecule has 0 radical (unpaired) electrons. The number of rotatable bonds is 3. The number of ketones is 1. The van der Waals surface area contributed by atoms with Gasteiger partial charge in [0.1, 0.15) is 11.9 Å². The number of aliphatic hydroxyl groups is 1. The topological polar surface area (TPSA) is 68.7 Å². The number of fused-ring (bicyclic) bond motifs is 4. The quantitative estimate of drug-likeness (QED) is 0.741. The van der Waals surface area contributed by atoms with Crippen molar-refractivity contribution in [1.29, 1.82) is 0 Å². The molecule has 2 heterocycles. The van der Waals surface area contributed by atoms with Gasteiger partial charge in [0, 0.05) is 56.2 Å². The van der Waals surface area contributed by atoms with Crippen molar-refractivity contribution in [2.75, 3.05) is 13.7 Å². The summed E-state index contributed by atoms with van der Waals surface area (Å²) in [5, 5.41) is 12.0. The second kappa shape index (κ2) is 7.78. The van der Waals surface area contributed by atoms with Crippen LogP contribution in [0, 0.1) is 17.3 Å². The van der Waals surface area contributed by atoms with Gasteiger partial charge in [-0.25, -0.2) is 0 Å². The lowest BCUT2D eigenvalue weighted by Crippen LogP contribution is -2.44. The Morgan fingerprint density at radius 1 is 1.24 bits per heavy atom. The molecule has 1 aromatic heterocycles. The van der Waals surface area contributed by atoms with Crippen molar-refractivity contribution >= 4 is 16.6 Å². The van der Waals surface area contributed by atoms with Crippen molar-refractivity contribution < 1.29 is 19.4 Å². The number of aliphatic hydroxyl groups excluding tert-OH is 1. The molecule has 172 valence electrons. The van der Waals surface area contributed by atoms with Crippen LogP contribution in [0.3, 0.4) is 0 Å². The third-order valence-corrected chi connectivity index (χ3v) is 8.83. The zero-order valence-electron chi connectivity index (χ0n) is 19.3. The normalized spacial score (nSPS) is 35.5. The van der Waals surface area contributed by atoms with E-state index >= 15 is 0 Å². The first kappa shape index (κ1) is 21.1. The first-order valence-electron chi connectivity index (χ1n) is 12.1. The summed E-state index contributed by atoms with van der Waals surface area (Å²) in [6.07, 6.45) is 9.99. The number of allylic oxidation sites excluding steroid dienone is 3. The highest BCUT2D eigenvalue weighted by Crippen LogP contribution is 2.62. The minimum absolute atomic E-state index is 0.0138. The molecule has 2 saturated carbocycles. The Labute approximate surface area is 194 Å². The number of nitrogens with zero attached hydrogens (tertiary/aromatic N) is 1. The Morgan fingerprint density at radius 3 is 2.94 bits per heavy atom. The third kappa shape index (κ3) is 3.20. The predicted octanol–water partition coefficient (Wildman–Crippen LogP) is 4.70. The lowest BCUT2D eigenvalue weighted by molar-refractivity contribution is -0.118. The van der Waals surface area contributed by atoms with Crippen LogP contribution in [0.4, 0.5) is 0 Å². The molecule has 5 nitrogen and oxygen atoms in total. The van der Waals surface area contributed by atoms with E-state index in [1.807, 2.05) is 19.5 Å². The molecule has 1 aromatic carbocycles. The van der Waals surface area contributed by atoms with E-state index < -0.39 is 0 Å². The van der Waals surface area contributed by atoms with Crippen LogP contribution in [0.15, 0.2) is 59.6 Å². The molecule has 6 atom stereocenters. The van der Waals surface area contributed by atoms with Crippen LogP contribution in [0.5, 0.6) is 0 Å². The number of carbonyl (C=O) groups excluding carboxylic acids is 1. The summed E-state index contributed by atoms with van der Waals surface area (Å²) < 4.78 is 12.7. The minimum atomic E-state index is -0.0312. The first-order valence-corrected chi connectivity index (χ1v) is 12.1. The highest BCUT2D eigenvalue weighted by molar-refractivity contribution is 6.00. The number of aromatic nitrogens is 1. The molecule has 4 aliphatic rings. The van der Waals surface area contributed by atoms with Gasteiger partial charge in [-0.05, 0) is 59.3 Å². The lowest BCUT2D eigenvalue weighted by Gasteiger charge is -2.48. The van der Waals surface area contributed by atoms with Gasteiger partial charge in [-0.15, -0.1) is 0 Å². The Hall–Kier alpha value is -2.50. The van der Waals surface area contributed by atoms with Crippen LogP contribution < -0.4 is 0 Å². The molecule has 0 bridgehead atoms. The van der Waals surface area contributed by atoms with Crippen LogP contribution in [0.25, 0.3) is 10.8 Å². The summed E-state index contributed by atoms with van der Waals surface area (Å²) in [6.45, 7) is 2.43. The van der Waals surface area contributed by atoms with Crippen molar-refractivity contribution in [2.24, 2.45) is 17.3 Å². The van der Waals surface area contributed by atoms with Gasteiger partial charge in [0.2, 0.25) is 0 Å². The molecule has 1 unspecified atom stereocenters. The SMILES string of the molecule is CO[C@@H]1C[C@H]2[C@@H]3OC4=C(C=C3CC[C@]2(C)[C@H]1c1ccc2cnccc2c1)C(=O)CC(CO)C4. The number of methoxy groups -OCH3 is 1. The third-order valence-electron chi connectivity index (χ3n) is 8.83. The Balaban J connectivity index is 1.36. The molecule has 1 aliphatic heterocycles. The summed E-state index contributed by atoms with van der Waals surface area (Å²) >= 11 is 0. The van der Waals surface area contributed by atoms with Crippen LogP contribution in [0.2, 0.25) is 0 Å². The Morgan fingerprint density at radius 2 is 2.12 bits per heavy atom. The van der Waals surface area contributed by atoms with Gasteiger partial charge >= 0.3 is 0 Å². The molecule has 2 aromatic rings. The monoisotopic (exact) mass is 445 g/mol. The fourth-order valence-corrected chi connectivity index (χ4v) is 7.08. The second-order valence-corrected chi connectivity index (χ2v) is 10.6. The number of ether oxygens (including phenoxy) is 2. The molecule has 1 N–H and O–H groups in total. The molecule has 2 fully saturated rings. The second-order valence-electron chi connectivity index (χ2n) is 10.6. The highest BCUT2D eigenvalue weighted by Gasteiger charge is 2.59. The molecule has 0 saturated heterocycles. The van der Waals surface area contributed by atoms with Gasteiger partial charge in [-0.1, -0.05) is 25.1 Å². The van der Waals surface area contributed by atoms with E-state index in [-0.39, 0.29) is 41.8 Å². The van der Waals surface area contributed by atoms with E-state index in [2.05, 4.69) is 42.2 Å². The summed E-state index contributed by atoms with van der Waals surface area (Å²) in [6, 6.07) is 8.80. The number of benzene rings is 1. The molecule has 0 amide bonds. The van der Waals surface area contributed by atoms with E-state index in [0.29, 0.717) is 18.8 Å². The number of carbonyl (C=O) groups is 1. The minimum Gasteiger partial charge on any atom is -0.489 e. The summed E-state index contributed by atoms with van der Waals surface area (Å²) in [5.41, 5.74) is 3.36. The summed E-state index contributed by atoms with van der Waals surface area (Å²) in [7, 11) is 1.83. The maximum atomic E-state index is 12.7. The van der Waals surface area contributed by atoms with Gasteiger partial charge < -0.3 is 14.6 Å². The predicted molar refractivity (Wildman–Crippen MR) is 126 cm³/mol. The van der Waals surface area contributed by atoms with Crippen LogP contribution >= 0.6 is 0 Å². The molecule has 5 heteroatoms. The van der Waals surface area contributed by atoms with Crippen LogP contribution in [-0.2, 0) is 14.3 Å². The standard InChI is InChI=1S/C28H31NO4/c1-28-7-5-19-12-21-23(31)9-16(15-30)10-24(21)33-27(19)22(28)13-25(32-2)26(28)18-3-4-20-14-29-8-6-17(20)11-18/h3-4,6,8,11-12,14,16,22,25-27,30H,5,7,9-10,13,15H2,1-2H3/t16?,22-,25+,26-,27+,28-/m0/s1. The van der Waals surface area contributed by atoms with E-state index in [0.717, 1.165) is 36.0 Å². The molecular formula is C28H31NO4. The van der Waals surface area contributed by atoms with Gasteiger partial charge in [0.05, 0.1) is 11.7 Å². The van der Waals surface area contributed by atoms with Crippen LogP contribution in [-0.4, -0.2) is 41.8 Å². The van der Waals surface area contributed by atoms with Crippen molar-refractivity contribution in [3.63, 3.8) is 0 Å². The maximum Gasteiger partial charge on any atom is 0.166 e. The average molecular weight is 446 g/mol. The van der Waals surface area contributed by atoms with Gasteiger partial charge in [0.25, 0.3) is 0 Å². The number of Topliss-reactive ketones (excluding diaryl/α,β-unsaturated/α-hetero) is 1. The Kier molecular flexibility index (Phi) is 4.96. The van der Waals surface area contributed by atoms with Crippen molar-refractivity contribution in [3.8, 4) is 0 Å². The van der Waals surface area contributed by atoms with Gasteiger partial charge in [-0.2, -0.15) is 0 Å². The zero-order valence-corrected chi connectivity index (χ0v) is 19.3. The smallest absolute Gasteiger partial charge is 0.166 e. The molecular weight excluding hydrogens is 414 g/mol. The van der Waals surface area contributed by atoms with Gasteiger partial charge in [0.15, 0.2) is 5.78 Å².